The minimum Gasteiger partial charge on any atom is -0.354 e. The summed E-state index contributed by atoms with van der Waals surface area (Å²) in [6.07, 6.45) is 2.08. The number of carbonyl (C=O) groups is 2. The highest BCUT2D eigenvalue weighted by molar-refractivity contribution is 7.92. The lowest BCUT2D eigenvalue weighted by Gasteiger charge is -2.32. The third-order valence-electron chi connectivity index (χ3n) is 6.39. The molecule has 3 aromatic rings. The molecule has 0 unspecified atom stereocenters. The number of benzene rings is 3. The normalized spacial score (nSPS) is 12.0. The first-order chi connectivity index (χ1) is 19.1. The van der Waals surface area contributed by atoms with Gasteiger partial charge in [0.25, 0.3) is 0 Å². The maximum Gasteiger partial charge on any atom is 0.243 e. The van der Waals surface area contributed by atoms with Crippen LogP contribution >= 0.6 is 11.6 Å². The van der Waals surface area contributed by atoms with Gasteiger partial charge in [-0.2, -0.15) is 0 Å². The number of rotatable bonds is 14. The molecule has 0 saturated heterocycles. The van der Waals surface area contributed by atoms with Crippen molar-refractivity contribution >= 4 is 39.1 Å². The van der Waals surface area contributed by atoms with Crippen LogP contribution in [0, 0.1) is 5.82 Å². The number of halogens is 2. The molecule has 3 aromatic carbocycles. The smallest absolute Gasteiger partial charge is 0.243 e. The fourth-order valence-corrected chi connectivity index (χ4v) is 5.53. The predicted molar refractivity (Wildman–Crippen MR) is 157 cm³/mol. The number of hydrogen-bond acceptors (Lipinski definition) is 4. The van der Waals surface area contributed by atoms with E-state index in [4.69, 9.17) is 11.6 Å². The number of amides is 2. The highest BCUT2D eigenvalue weighted by Gasteiger charge is 2.31. The molecule has 0 aliphatic heterocycles. The van der Waals surface area contributed by atoms with Crippen molar-refractivity contribution in [2.24, 2.45) is 0 Å². The Morgan fingerprint density at radius 2 is 1.62 bits per heavy atom. The molecule has 0 aliphatic carbocycles. The molecule has 0 spiro atoms. The van der Waals surface area contributed by atoms with Crippen molar-refractivity contribution in [3.05, 3.63) is 101 Å². The molecular weight excluding hydrogens is 553 g/mol. The van der Waals surface area contributed by atoms with Gasteiger partial charge < -0.3 is 10.2 Å². The van der Waals surface area contributed by atoms with Gasteiger partial charge in [0.2, 0.25) is 21.8 Å². The average molecular weight is 588 g/mol. The summed E-state index contributed by atoms with van der Waals surface area (Å²) in [5.74, 6) is -1.29. The van der Waals surface area contributed by atoms with E-state index in [0.717, 1.165) is 22.5 Å². The van der Waals surface area contributed by atoms with Crippen molar-refractivity contribution in [2.75, 3.05) is 23.7 Å². The Morgan fingerprint density at radius 3 is 2.27 bits per heavy atom. The van der Waals surface area contributed by atoms with Gasteiger partial charge in [-0.05, 0) is 42.2 Å². The molecule has 0 saturated carbocycles. The summed E-state index contributed by atoms with van der Waals surface area (Å²) < 4.78 is 40.3. The van der Waals surface area contributed by atoms with E-state index in [2.05, 4.69) is 5.32 Å². The fraction of sp³-hybridized carbons (Fsp3) is 0.333. The SMILES string of the molecule is CCCNC(=O)[C@@H](Cc1ccccc1)N(Cc1ccccc1Cl)C(=O)CCCN(c1ccccc1F)S(C)(=O)=O. The van der Waals surface area contributed by atoms with E-state index in [1.165, 1.54) is 23.1 Å². The Hall–Kier alpha value is -3.43. The maximum atomic E-state index is 14.4. The quantitative estimate of drug-likeness (QED) is 0.281. The number of anilines is 1. The van der Waals surface area contributed by atoms with Crippen molar-refractivity contribution < 1.29 is 22.4 Å². The molecule has 1 N–H and O–H groups in total. The van der Waals surface area contributed by atoms with Crippen LogP contribution in [0.4, 0.5) is 10.1 Å². The lowest BCUT2D eigenvalue weighted by Crippen LogP contribution is -2.50. The fourth-order valence-electron chi connectivity index (χ4n) is 4.37. The third kappa shape index (κ3) is 8.79. The minimum atomic E-state index is -3.81. The molecule has 3 rings (SSSR count). The summed E-state index contributed by atoms with van der Waals surface area (Å²) in [6.45, 7) is 2.40. The lowest BCUT2D eigenvalue weighted by molar-refractivity contribution is -0.141. The Balaban J connectivity index is 1.89. The first kappa shape index (κ1) is 31.1. The van der Waals surface area contributed by atoms with Gasteiger partial charge in [-0.25, -0.2) is 12.8 Å². The summed E-state index contributed by atoms with van der Waals surface area (Å²) in [5.41, 5.74) is 1.49. The molecule has 0 heterocycles. The van der Waals surface area contributed by atoms with Gasteiger partial charge in [0, 0.05) is 37.5 Å². The molecule has 0 radical (unpaired) electrons. The van der Waals surface area contributed by atoms with Crippen LogP contribution in [0.15, 0.2) is 78.9 Å². The molecule has 0 aliphatic rings. The van der Waals surface area contributed by atoms with E-state index in [1.807, 2.05) is 43.3 Å². The van der Waals surface area contributed by atoms with E-state index < -0.39 is 21.9 Å². The van der Waals surface area contributed by atoms with Gasteiger partial charge in [-0.1, -0.05) is 79.2 Å². The van der Waals surface area contributed by atoms with Gasteiger partial charge in [0.05, 0.1) is 11.9 Å². The Labute approximate surface area is 241 Å². The number of sulfonamides is 1. The highest BCUT2D eigenvalue weighted by Crippen LogP contribution is 2.24. The summed E-state index contributed by atoms with van der Waals surface area (Å²) >= 11 is 6.43. The highest BCUT2D eigenvalue weighted by atomic mass is 35.5. The van der Waals surface area contributed by atoms with Crippen LogP contribution in [0.5, 0.6) is 0 Å². The Kier molecular flexibility index (Phi) is 11.5. The second-order valence-electron chi connectivity index (χ2n) is 9.50. The van der Waals surface area contributed by atoms with Gasteiger partial charge in [0.1, 0.15) is 11.9 Å². The van der Waals surface area contributed by atoms with Crippen molar-refractivity contribution in [1.82, 2.24) is 10.2 Å². The van der Waals surface area contributed by atoms with E-state index in [9.17, 15) is 22.4 Å². The van der Waals surface area contributed by atoms with E-state index in [-0.39, 0.29) is 49.9 Å². The number of nitrogens with one attached hydrogen (secondary N) is 1. The first-order valence-corrected chi connectivity index (χ1v) is 15.4. The molecule has 7 nitrogen and oxygen atoms in total. The molecule has 0 aromatic heterocycles. The number of carbonyl (C=O) groups excluding carboxylic acids is 2. The summed E-state index contributed by atoms with van der Waals surface area (Å²) in [6, 6.07) is 21.3. The van der Waals surface area contributed by atoms with E-state index in [1.54, 1.807) is 24.3 Å². The topological polar surface area (TPSA) is 86.8 Å². The molecule has 1 atom stereocenters. The second kappa shape index (κ2) is 14.8. The summed E-state index contributed by atoms with van der Waals surface area (Å²) in [5, 5.41) is 3.38. The average Bonchev–Trinajstić information content (AvgIpc) is 2.93. The first-order valence-electron chi connectivity index (χ1n) is 13.2. The van der Waals surface area contributed by atoms with Crippen molar-refractivity contribution in [2.45, 2.75) is 45.2 Å². The Morgan fingerprint density at radius 1 is 0.975 bits per heavy atom. The van der Waals surface area contributed by atoms with Crippen LogP contribution in [0.2, 0.25) is 5.02 Å². The molecule has 2 amide bonds. The van der Waals surface area contributed by atoms with Gasteiger partial charge in [0.15, 0.2) is 0 Å². The standard InChI is InChI=1S/C30H35ClFN3O4S/c1-3-19-33-30(37)28(21-23-12-5-4-6-13-23)34(22-24-14-7-8-15-25(24)31)29(36)18-11-20-35(40(2,38)39)27-17-10-9-16-26(27)32/h4-10,12-17,28H,3,11,18-22H2,1-2H3,(H,33,37)/t28-/m1/s1. The van der Waals surface area contributed by atoms with E-state index >= 15 is 0 Å². The van der Waals surface area contributed by atoms with Crippen molar-refractivity contribution in [3.8, 4) is 0 Å². The minimum absolute atomic E-state index is 0.0583. The molecule has 40 heavy (non-hydrogen) atoms. The summed E-state index contributed by atoms with van der Waals surface area (Å²) in [7, 11) is -3.81. The molecule has 0 fully saturated rings. The second-order valence-corrected chi connectivity index (χ2v) is 11.8. The van der Waals surface area contributed by atoms with Crippen LogP contribution < -0.4 is 9.62 Å². The number of nitrogens with zero attached hydrogens (tertiary/aromatic N) is 2. The molecular formula is C30H35ClFN3O4S. The van der Waals surface area contributed by atoms with E-state index in [0.29, 0.717) is 17.1 Å². The van der Waals surface area contributed by atoms with Crippen LogP contribution in [-0.4, -0.2) is 50.5 Å². The third-order valence-corrected chi connectivity index (χ3v) is 7.94. The van der Waals surface area contributed by atoms with Crippen molar-refractivity contribution in [1.29, 1.82) is 0 Å². The molecule has 214 valence electrons. The van der Waals surface area contributed by atoms with Crippen LogP contribution in [0.1, 0.15) is 37.3 Å². The predicted octanol–water partition coefficient (Wildman–Crippen LogP) is 5.19. The zero-order valence-electron chi connectivity index (χ0n) is 22.7. The monoisotopic (exact) mass is 587 g/mol. The van der Waals surface area contributed by atoms with Crippen molar-refractivity contribution in [3.63, 3.8) is 0 Å². The lowest BCUT2D eigenvalue weighted by atomic mass is 10.0. The number of hydrogen-bond donors (Lipinski definition) is 1. The van der Waals surface area contributed by atoms with Gasteiger partial charge in [-0.3, -0.25) is 13.9 Å². The van der Waals surface area contributed by atoms with Gasteiger partial charge >= 0.3 is 0 Å². The van der Waals surface area contributed by atoms with Gasteiger partial charge in [-0.15, -0.1) is 0 Å². The zero-order valence-corrected chi connectivity index (χ0v) is 24.3. The largest absolute Gasteiger partial charge is 0.354 e. The van der Waals surface area contributed by atoms with Crippen LogP contribution in [0.3, 0.4) is 0 Å². The zero-order chi connectivity index (χ0) is 29.1. The van der Waals surface area contributed by atoms with Crippen LogP contribution in [0.25, 0.3) is 0 Å². The molecule has 0 bridgehead atoms. The van der Waals surface area contributed by atoms with Crippen LogP contribution in [-0.2, 0) is 32.6 Å². The Bertz CT molecular complexity index is 1390. The molecule has 10 heteroatoms. The summed E-state index contributed by atoms with van der Waals surface area (Å²) in [4.78, 5) is 28.7. The number of para-hydroxylation sites is 1. The maximum absolute atomic E-state index is 14.4.